The number of nitrogens with one attached hydrogen (secondary N) is 1. The largest absolute Gasteiger partial charge is 0.460 e. The summed E-state index contributed by atoms with van der Waals surface area (Å²) in [6.45, 7) is 7.31. The molecule has 0 saturated heterocycles. The molecule has 0 aliphatic rings. The first-order valence-electron chi connectivity index (χ1n) is 6.77. The van der Waals surface area contributed by atoms with E-state index in [0.29, 0.717) is 0 Å². The van der Waals surface area contributed by atoms with Gasteiger partial charge in [0.2, 0.25) is 16.7 Å². The Morgan fingerprint density at radius 2 is 2.04 bits per heavy atom. The second-order valence-electron chi connectivity index (χ2n) is 5.62. The van der Waals surface area contributed by atoms with Gasteiger partial charge in [-0.3, -0.25) is 0 Å². The Balaban J connectivity index is 2.19. The molecule has 0 fully saturated rings. The number of sulfonamides is 1. The Kier molecular flexibility index (Phi) is 4.46. The maximum atomic E-state index is 12.2. The highest BCUT2D eigenvalue weighted by molar-refractivity contribution is 7.92. The highest BCUT2D eigenvalue weighted by atomic mass is 32.2. The molecule has 0 radical (unpaired) electrons. The quantitative estimate of drug-likeness (QED) is 0.817. The summed E-state index contributed by atoms with van der Waals surface area (Å²) in [5, 5.41) is 3.10. The molecule has 9 nitrogen and oxygen atoms in total. The van der Waals surface area contributed by atoms with Crippen molar-refractivity contribution in [3.05, 3.63) is 23.8 Å². The summed E-state index contributed by atoms with van der Waals surface area (Å²) in [5.74, 6) is -0.898. The molecule has 126 valence electrons. The number of carbonyl (C=O) groups excluding carboxylic acids is 1. The summed E-state index contributed by atoms with van der Waals surface area (Å²) in [5.41, 5.74) is -0.418. The molecule has 0 bridgehead atoms. The summed E-state index contributed by atoms with van der Waals surface area (Å²) in [6, 6.07) is 2.35. The molecule has 0 aliphatic heterocycles. The van der Waals surface area contributed by atoms with Gasteiger partial charge in [0.25, 0.3) is 16.0 Å². The van der Waals surface area contributed by atoms with Crippen molar-refractivity contribution in [1.82, 2.24) is 10.1 Å². The fourth-order valence-electron chi connectivity index (χ4n) is 1.52. The average molecular weight is 343 g/mol. The van der Waals surface area contributed by atoms with Gasteiger partial charge in [0, 0.05) is 5.41 Å². The lowest BCUT2D eigenvalue weighted by Crippen LogP contribution is -2.15. The Labute approximate surface area is 133 Å². The first kappa shape index (κ1) is 17.0. The minimum atomic E-state index is -4.08. The van der Waals surface area contributed by atoms with Crippen molar-refractivity contribution in [2.24, 2.45) is 0 Å². The molecule has 1 N–H and O–H groups in total. The molecule has 2 aromatic heterocycles. The number of esters is 1. The average Bonchev–Trinajstić information content (AvgIpc) is 3.06. The van der Waals surface area contributed by atoms with E-state index in [1.165, 1.54) is 6.07 Å². The predicted molar refractivity (Wildman–Crippen MR) is 78.5 cm³/mol. The molecular weight excluding hydrogens is 326 g/mol. The molecule has 0 spiro atoms. The number of anilines is 1. The van der Waals surface area contributed by atoms with Crippen LogP contribution in [0.25, 0.3) is 0 Å². The molecule has 2 heterocycles. The third-order valence-electron chi connectivity index (χ3n) is 2.62. The van der Waals surface area contributed by atoms with Crippen molar-refractivity contribution in [2.45, 2.75) is 38.2 Å². The SMILES string of the molecule is CCOC(=O)c1ccc(S(=O)(=O)Nc2noc(C(C)(C)C)n2)o1. The second-order valence-corrected chi connectivity index (χ2v) is 7.23. The van der Waals surface area contributed by atoms with Gasteiger partial charge < -0.3 is 13.7 Å². The van der Waals surface area contributed by atoms with Gasteiger partial charge in [0.1, 0.15) is 0 Å². The summed E-state index contributed by atoms with van der Waals surface area (Å²) >= 11 is 0. The highest BCUT2D eigenvalue weighted by Crippen LogP contribution is 2.22. The molecule has 23 heavy (non-hydrogen) atoms. The molecule has 0 aromatic carbocycles. The number of hydrogen-bond donors (Lipinski definition) is 1. The number of rotatable bonds is 5. The maximum Gasteiger partial charge on any atom is 0.374 e. The van der Waals surface area contributed by atoms with Gasteiger partial charge in [-0.2, -0.15) is 13.4 Å². The van der Waals surface area contributed by atoms with E-state index in [9.17, 15) is 13.2 Å². The van der Waals surface area contributed by atoms with Crippen LogP contribution in [0.1, 0.15) is 44.1 Å². The smallest absolute Gasteiger partial charge is 0.374 e. The van der Waals surface area contributed by atoms with Crippen molar-refractivity contribution < 1.29 is 26.9 Å². The lowest BCUT2D eigenvalue weighted by molar-refractivity contribution is 0.0484. The Morgan fingerprint density at radius 3 is 2.61 bits per heavy atom. The Morgan fingerprint density at radius 1 is 1.35 bits per heavy atom. The van der Waals surface area contributed by atoms with E-state index in [1.807, 2.05) is 20.8 Å². The summed E-state index contributed by atoms with van der Waals surface area (Å²) < 4.78 is 41.2. The molecule has 0 amide bonds. The van der Waals surface area contributed by atoms with Crippen LogP contribution in [0.15, 0.2) is 26.2 Å². The molecule has 0 aliphatic carbocycles. The number of ether oxygens (including phenoxy) is 1. The van der Waals surface area contributed by atoms with Gasteiger partial charge in [-0.1, -0.05) is 20.8 Å². The van der Waals surface area contributed by atoms with Crippen molar-refractivity contribution in [1.29, 1.82) is 0 Å². The van der Waals surface area contributed by atoms with E-state index in [1.54, 1.807) is 6.92 Å². The molecule has 0 saturated carbocycles. The fourth-order valence-corrected chi connectivity index (χ4v) is 2.39. The summed E-state index contributed by atoms with van der Waals surface area (Å²) in [4.78, 5) is 15.4. The van der Waals surface area contributed by atoms with Crippen molar-refractivity contribution >= 4 is 21.9 Å². The topological polar surface area (TPSA) is 125 Å². The molecule has 10 heteroatoms. The van der Waals surface area contributed by atoms with Crippen LogP contribution in [0.5, 0.6) is 0 Å². The summed E-state index contributed by atoms with van der Waals surface area (Å²) in [6.07, 6.45) is 0. The standard InChI is InChI=1S/C13H17N3O6S/c1-5-20-10(17)8-6-7-9(21-8)23(18,19)16-12-14-11(22-15-12)13(2,3)4/h6-7H,5H2,1-4H3,(H,15,16). The Bertz CT molecular complexity index is 800. The van der Waals surface area contributed by atoms with Gasteiger partial charge in [0.05, 0.1) is 6.61 Å². The number of hydrogen-bond acceptors (Lipinski definition) is 8. The molecule has 0 atom stereocenters. The lowest BCUT2D eigenvalue weighted by Gasteiger charge is -2.10. The zero-order valence-corrected chi connectivity index (χ0v) is 13.9. The number of carbonyl (C=O) groups is 1. The van der Waals surface area contributed by atoms with Gasteiger partial charge in [-0.15, -0.1) is 0 Å². The van der Waals surface area contributed by atoms with Crippen LogP contribution < -0.4 is 4.72 Å². The van der Waals surface area contributed by atoms with Crippen molar-refractivity contribution in [3.8, 4) is 0 Å². The second kappa shape index (κ2) is 6.03. The molecular formula is C13H17N3O6S. The zero-order chi connectivity index (χ0) is 17.3. The Hall–Kier alpha value is -2.36. The molecule has 2 aromatic rings. The van der Waals surface area contributed by atoms with E-state index >= 15 is 0 Å². The lowest BCUT2D eigenvalue weighted by atomic mass is 9.97. The minimum absolute atomic E-state index is 0.151. The first-order chi connectivity index (χ1) is 10.6. The van der Waals surface area contributed by atoms with E-state index in [-0.39, 0.29) is 24.2 Å². The predicted octanol–water partition coefficient (Wildman–Crippen LogP) is 1.94. The number of furan rings is 1. The van der Waals surface area contributed by atoms with Crippen LogP contribution in [-0.2, 0) is 20.2 Å². The number of nitrogens with zero attached hydrogens (tertiary/aromatic N) is 2. The van der Waals surface area contributed by atoms with Gasteiger partial charge >= 0.3 is 5.97 Å². The molecule has 2 rings (SSSR count). The first-order valence-corrected chi connectivity index (χ1v) is 8.26. The van der Waals surface area contributed by atoms with Gasteiger partial charge in [0.15, 0.2) is 0 Å². The minimum Gasteiger partial charge on any atom is -0.460 e. The third-order valence-corrected chi connectivity index (χ3v) is 3.82. The van der Waals surface area contributed by atoms with Crippen LogP contribution in [0.2, 0.25) is 0 Å². The molecule has 0 unspecified atom stereocenters. The summed E-state index contributed by atoms with van der Waals surface area (Å²) in [7, 11) is -4.08. The fraction of sp³-hybridized carbons (Fsp3) is 0.462. The van der Waals surface area contributed by atoms with E-state index in [4.69, 9.17) is 13.7 Å². The van der Waals surface area contributed by atoms with Gasteiger partial charge in [-0.25, -0.2) is 9.52 Å². The van der Waals surface area contributed by atoms with Crippen molar-refractivity contribution in [2.75, 3.05) is 11.3 Å². The maximum absolute atomic E-state index is 12.2. The van der Waals surface area contributed by atoms with Crippen LogP contribution in [0.4, 0.5) is 5.95 Å². The number of aromatic nitrogens is 2. The van der Waals surface area contributed by atoms with Crippen LogP contribution in [0, 0.1) is 0 Å². The van der Waals surface area contributed by atoms with E-state index in [2.05, 4.69) is 14.9 Å². The van der Waals surface area contributed by atoms with Crippen LogP contribution in [0.3, 0.4) is 0 Å². The van der Waals surface area contributed by atoms with Crippen LogP contribution in [-0.4, -0.2) is 31.1 Å². The highest BCUT2D eigenvalue weighted by Gasteiger charge is 2.26. The van der Waals surface area contributed by atoms with Crippen LogP contribution >= 0.6 is 0 Å². The van der Waals surface area contributed by atoms with Gasteiger partial charge in [-0.05, 0) is 24.2 Å². The third kappa shape index (κ3) is 3.89. The zero-order valence-electron chi connectivity index (χ0n) is 13.1. The monoisotopic (exact) mass is 343 g/mol. The van der Waals surface area contributed by atoms with E-state index in [0.717, 1.165) is 6.07 Å². The normalized spacial score (nSPS) is 12.2. The van der Waals surface area contributed by atoms with E-state index < -0.39 is 26.5 Å². The van der Waals surface area contributed by atoms with Crippen molar-refractivity contribution in [3.63, 3.8) is 0 Å².